The lowest BCUT2D eigenvalue weighted by Crippen LogP contribution is -2.04. The van der Waals surface area contributed by atoms with E-state index in [2.05, 4.69) is 32.5 Å². The Morgan fingerprint density at radius 3 is 1.62 bits per heavy atom. The molecule has 1 aliphatic heterocycles. The zero-order valence-corrected chi connectivity index (χ0v) is 9.66. The summed E-state index contributed by atoms with van der Waals surface area (Å²) in [6, 6.07) is 0. The molecular weight excluding hydrogens is 193 g/mol. The molecule has 1 aliphatic rings. The van der Waals surface area contributed by atoms with E-state index in [0.717, 1.165) is 37.2 Å². The summed E-state index contributed by atoms with van der Waals surface area (Å²) in [6.45, 7) is 0. The maximum Gasteiger partial charge on any atom is 0.102 e. The van der Waals surface area contributed by atoms with Crippen molar-refractivity contribution in [2.45, 2.75) is 36.1 Å². The third-order valence-electron chi connectivity index (χ3n) is 2.80. The van der Waals surface area contributed by atoms with Crippen LogP contribution in [0.5, 0.6) is 0 Å². The summed E-state index contributed by atoms with van der Waals surface area (Å²) < 4.78 is 0. The zero-order chi connectivity index (χ0) is 9.95. The lowest BCUT2D eigenvalue weighted by atomic mass is 9.63. The van der Waals surface area contributed by atoms with Crippen molar-refractivity contribution in [3.05, 3.63) is 0 Å². The minimum absolute atomic E-state index is 0.224. The van der Waals surface area contributed by atoms with Crippen LogP contribution >= 0.6 is 25.3 Å². The Morgan fingerprint density at radius 2 is 1.31 bits per heavy atom. The minimum atomic E-state index is -0.224. The van der Waals surface area contributed by atoms with Crippen LogP contribution in [0.1, 0.15) is 25.7 Å². The minimum Gasteiger partial charge on any atom is -0.179 e. The van der Waals surface area contributed by atoms with Crippen LogP contribution in [0.25, 0.3) is 0 Å². The monoisotopic (exact) mass is 207 g/mol. The first-order valence-electron chi connectivity index (χ1n) is 4.74. The molecule has 0 aromatic heterocycles. The van der Waals surface area contributed by atoms with E-state index in [1.807, 2.05) is 0 Å². The van der Waals surface area contributed by atoms with E-state index < -0.39 is 0 Å². The van der Waals surface area contributed by atoms with E-state index in [4.69, 9.17) is 15.7 Å². The molecule has 0 N–H and O–H groups in total. The standard InChI is InChI=1S/C8H14B3S2/c9-7(3-1-5-12)8(10,11-7)4-2-6-13/h12-13H,1-6H2. The smallest absolute Gasteiger partial charge is 0.102 e. The summed E-state index contributed by atoms with van der Waals surface area (Å²) in [5.74, 6) is 1.77. The third kappa shape index (κ3) is 2.68. The SMILES string of the molecule is [B]C1(CCCS)[B]C1([B])CCCS. The summed E-state index contributed by atoms with van der Waals surface area (Å²) in [4.78, 5) is 0. The fourth-order valence-corrected chi connectivity index (χ4v) is 2.09. The molecule has 0 bridgehead atoms. The van der Waals surface area contributed by atoms with Crippen LogP contribution in [-0.2, 0) is 0 Å². The van der Waals surface area contributed by atoms with Crippen LogP contribution in [0.2, 0.25) is 10.4 Å². The van der Waals surface area contributed by atoms with Gasteiger partial charge in [-0.15, -0.1) is 0 Å². The lowest BCUT2D eigenvalue weighted by Gasteiger charge is -2.20. The molecule has 0 aromatic carbocycles. The van der Waals surface area contributed by atoms with Crippen LogP contribution in [0.3, 0.4) is 0 Å². The average Bonchev–Trinajstić information content (AvgIpc) is 2.64. The van der Waals surface area contributed by atoms with E-state index in [-0.39, 0.29) is 10.4 Å². The van der Waals surface area contributed by atoms with E-state index >= 15 is 0 Å². The van der Waals surface area contributed by atoms with Gasteiger partial charge in [0.2, 0.25) is 0 Å². The van der Waals surface area contributed by atoms with Crippen molar-refractivity contribution in [3.8, 4) is 0 Å². The van der Waals surface area contributed by atoms with Gasteiger partial charge in [0.15, 0.2) is 0 Å². The molecule has 5 radical (unpaired) electrons. The Bertz CT molecular complexity index is 161. The molecule has 1 fully saturated rings. The molecule has 1 heterocycles. The van der Waals surface area contributed by atoms with Gasteiger partial charge in [-0.3, -0.25) is 0 Å². The van der Waals surface area contributed by atoms with Crippen molar-refractivity contribution < 1.29 is 0 Å². The Balaban J connectivity index is 2.30. The summed E-state index contributed by atoms with van der Waals surface area (Å²) >= 11 is 8.33. The molecule has 13 heavy (non-hydrogen) atoms. The highest BCUT2D eigenvalue weighted by molar-refractivity contribution is 7.80. The Morgan fingerprint density at radius 1 is 0.923 bits per heavy atom. The topological polar surface area (TPSA) is 0 Å². The highest BCUT2D eigenvalue weighted by atomic mass is 32.1. The first-order valence-corrected chi connectivity index (χ1v) is 6.01. The zero-order valence-electron chi connectivity index (χ0n) is 7.87. The summed E-state index contributed by atoms with van der Waals surface area (Å²) in [6.07, 6.45) is 3.99. The Hall–Kier alpha value is 0.895. The highest BCUT2D eigenvalue weighted by Crippen LogP contribution is 2.68. The fourth-order valence-electron chi connectivity index (χ4n) is 1.78. The van der Waals surface area contributed by atoms with Gasteiger partial charge in [-0.1, -0.05) is 23.3 Å². The molecule has 67 valence electrons. The normalized spacial score (nSPS) is 37.1. The van der Waals surface area contributed by atoms with Crippen LogP contribution in [0, 0.1) is 0 Å². The second-order valence-electron chi connectivity index (χ2n) is 3.88. The van der Waals surface area contributed by atoms with E-state index in [1.54, 1.807) is 0 Å². The third-order valence-corrected chi connectivity index (χ3v) is 3.43. The maximum absolute atomic E-state index is 6.11. The molecule has 0 saturated carbocycles. The average molecular weight is 207 g/mol. The predicted molar refractivity (Wildman–Crippen MR) is 68.8 cm³/mol. The van der Waals surface area contributed by atoms with Gasteiger partial charge in [-0.05, 0) is 24.3 Å². The molecule has 5 heteroatoms. The molecule has 0 amide bonds. The van der Waals surface area contributed by atoms with Gasteiger partial charge in [-0.2, -0.15) is 25.3 Å². The molecule has 0 aromatic rings. The van der Waals surface area contributed by atoms with Crippen LogP contribution in [0.4, 0.5) is 0 Å². The van der Waals surface area contributed by atoms with Gasteiger partial charge >= 0.3 is 0 Å². The van der Waals surface area contributed by atoms with Crippen LogP contribution in [0.15, 0.2) is 0 Å². The van der Waals surface area contributed by atoms with Crippen molar-refractivity contribution in [2.24, 2.45) is 0 Å². The molecule has 1 saturated heterocycles. The van der Waals surface area contributed by atoms with Gasteiger partial charge in [0.1, 0.15) is 7.28 Å². The van der Waals surface area contributed by atoms with Crippen molar-refractivity contribution in [3.63, 3.8) is 0 Å². The van der Waals surface area contributed by atoms with Crippen molar-refractivity contribution in [1.29, 1.82) is 0 Å². The van der Waals surface area contributed by atoms with Crippen LogP contribution in [-0.4, -0.2) is 34.5 Å². The Kier molecular flexibility index (Phi) is 4.24. The molecule has 1 rings (SSSR count). The second kappa shape index (κ2) is 4.61. The molecular formula is C8H14B3S2. The van der Waals surface area contributed by atoms with Gasteiger partial charge in [0.25, 0.3) is 0 Å². The van der Waals surface area contributed by atoms with Gasteiger partial charge < -0.3 is 0 Å². The summed E-state index contributed by atoms with van der Waals surface area (Å²) in [5, 5.41) is -0.447. The van der Waals surface area contributed by atoms with Gasteiger partial charge in [0.05, 0.1) is 15.7 Å². The van der Waals surface area contributed by atoms with E-state index in [9.17, 15) is 0 Å². The predicted octanol–water partition coefficient (Wildman–Crippen LogP) is 1.69. The first-order chi connectivity index (χ1) is 6.08. The summed E-state index contributed by atoms with van der Waals surface area (Å²) in [5.41, 5.74) is 0. The highest BCUT2D eigenvalue weighted by Gasteiger charge is 2.57. The lowest BCUT2D eigenvalue weighted by molar-refractivity contribution is 0.628. The van der Waals surface area contributed by atoms with Gasteiger partial charge in [-0.25, -0.2) is 0 Å². The summed E-state index contributed by atoms with van der Waals surface area (Å²) in [7, 11) is 14.3. The molecule has 0 nitrogen and oxygen atoms in total. The van der Waals surface area contributed by atoms with Crippen molar-refractivity contribution >= 4 is 48.2 Å². The quantitative estimate of drug-likeness (QED) is 0.480. The Labute approximate surface area is 95.9 Å². The first kappa shape index (κ1) is 12.0. The fraction of sp³-hybridized carbons (Fsp3) is 1.00. The number of rotatable bonds is 6. The maximum atomic E-state index is 6.11. The van der Waals surface area contributed by atoms with Crippen molar-refractivity contribution in [1.82, 2.24) is 0 Å². The van der Waals surface area contributed by atoms with E-state index in [0.29, 0.717) is 0 Å². The number of hydrogen-bond donors (Lipinski definition) is 2. The van der Waals surface area contributed by atoms with Gasteiger partial charge in [0, 0.05) is 0 Å². The molecule has 2 unspecified atom stereocenters. The largest absolute Gasteiger partial charge is 0.179 e. The van der Waals surface area contributed by atoms with Crippen molar-refractivity contribution in [2.75, 3.05) is 11.5 Å². The number of thiol groups is 2. The second-order valence-corrected chi connectivity index (χ2v) is 4.77. The molecule has 0 aliphatic carbocycles. The van der Waals surface area contributed by atoms with Crippen LogP contribution < -0.4 is 0 Å². The number of hydrogen-bond acceptors (Lipinski definition) is 2. The molecule has 2 atom stereocenters. The molecule has 0 spiro atoms. The van der Waals surface area contributed by atoms with E-state index in [1.165, 1.54) is 0 Å².